The van der Waals surface area contributed by atoms with Gasteiger partial charge in [0.15, 0.2) is 0 Å². The molecule has 1 fully saturated rings. The van der Waals surface area contributed by atoms with Crippen LogP contribution in [0, 0.1) is 0 Å². The lowest BCUT2D eigenvalue weighted by Gasteiger charge is -2.31. The molecule has 94 valence electrons. The molecule has 0 N–H and O–H groups in total. The lowest BCUT2D eigenvalue weighted by atomic mass is 9.89. The molecule has 1 aliphatic rings. The first-order chi connectivity index (χ1) is 8.29. The van der Waals surface area contributed by atoms with E-state index in [9.17, 15) is 0 Å². The first-order valence-electron chi connectivity index (χ1n) is 6.26. The highest BCUT2D eigenvalue weighted by Crippen LogP contribution is 2.28. The molecule has 1 aromatic carbocycles. The van der Waals surface area contributed by atoms with Gasteiger partial charge < -0.3 is 9.64 Å². The van der Waals surface area contributed by atoms with E-state index in [1.165, 1.54) is 36.0 Å². The van der Waals surface area contributed by atoms with E-state index in [1.54, 1.807) is 7.11 Å². The summed E-state index contributed by atoms with van der Waals surface area (Å²) in [6, 6.07) is 8.79. The smallest absolute Gasteiger partial charge is 0.0589 e. The van der Waals surface area contributed by atoms with E-state index in [0.717, 1.165) is 19.1 Å². The molecule has 0 saturated carbocycles. The number of hydrogen-bond donors (Lipinski definition) is 0. The standard InChI is InChI=1S/C14H20BrNO/c1-17-11-10-16-8-6-13(7-9-16)12-2-4-14(15)5-3-12/h2-5,13H,6-11H2,1H3. The molecule has 17 heavy (non-hydrogen) atoms. The van der Waals surface area contributed by atoms with Crippen molar-refractivity contribution in [1.29, 1.82) is 0 Å². The highest BCUT2D eigenvalue weighted by Gasteiger charge is 2.19. The van der Waals surface area contributed by atoms with Crippen LogP contribution in [0.5, 0.6) is 0 Å². The van der Waals surface area contributed by atoms with Crippen LogP contribution in [0.4, 0.5) is 0 Å². The maximum absolute atomic E-state index is 5.12. The van der Waals surface area contributed by atoms with Crippen LogP contribution in [0.3, 0.4) is 0 Å². The minimum Gasteiger partial charge on any atom is -0.383 e. The minimum absolute atomic E-state index is 0.738. The van der Waals surface area contributed by atoms with Gasteiger partial charge in [-0.05, 0) is 49.5 Å². The predicted octanol–water partition coefficient (Wildman–Crippen LogP) is 3.27. The fraction of sp³-hybridized carbons (Fsp3) is 0.571. The van der Waals surface area contributed by atoms with Crippen LogP contribution in [-0.2, 0) is 4.74 Å². The Kier molecular flexibility index (Phi) is 5.01. The normalized spacial score (nSPS) is 18.5. The molecule has 1 aromatic rings. The average Bonchev–Trinajstić information content (AvgIpc) is 2.38. The molecular weight excluding hydrogens is 278 g/mol. The third-order valence-electron chi connectivity index (χ3n) is 3.54. The zero-order chi connectivity index (χ0) is 12.1. The van der Waals surface area contributed by atoms with E-state index < -0.39 is 0 Å². The molecule has 2 rings (SSSR count). The number of halogens is 1. The lowest BCUT2D eigenvalue weighted by molar-refractivity contribution is 0.130. The van der Waals surface area contributed by atoms with Crippen molar-refractivity contribution in [3.63, 3.8) is 0 Å². The molecule has 1 aliphatic heterocycles. The second-order valence-electron chi connectivity index (χ2n) is 4.66. The summed E-state index contributed by atoms with van der Waals surface area (Å²) >= 11 is 3.49. The van der Waals surface area contributed by atoms with Crippen molar-refractivity contribution >= 4 is 15.9 Å². The summed E-state index contributed by atoms with van der Waals surface area (Å²) < 4.78 is 6.29. The summed E-state index contributed by atoms with van der Waals surface area (Å²) in [5.74, 6) is 0.738. The molecular formula is C14H20BrNO. The SMILES string of the molecule is COCCN1CCC(c2ccc(Br)cc2)CC1. The fourth-order valence-electron chi connectivity index (χ4n) is 2.45. The van der Waals surface area contributed by atoms with Crippen molar-refractivity contribution in [2.75, 3.05) is 33.4 Å². The van der Waals surface area contributed by atoms with Crippen molar-refractivity contribution in [3.8, 4) is 0 Å². The Morgan fingerprint density at radius 2 is 1.88 bits per heavy atom. The van der Waals surface area contributed by atoms with Gasteiger partial charge in [-0.2, -0.15) is 0 Å². The first-order valence-corrected chi connectivity index (χ1v) is 7.05. The number of piperidine rings is 1. The van der Waals surface area contributed by atoms with E-state index in [0.29, 0.717) is 0 Å². The molecule has 0 amide bonds. The maximum Gasteiger partial charge on any atom is 0.0589 e. The Hall–Kier alpha value is -0.380. The van der Waals surface area contributed by atoms with Gasteiger partial charge in [-0.15, -0.1) is 0 Å². The minimum atomic E-state index is 0.738. The van der Waals surface area contributed by atoms with Crippen molar-refractivity contribution in [2.45, 2.75) is 18.8 Å². The molecule has 0 atom stereocenters. The second kappa shape index (κ2) is 6.53. The largest absolute Gasteiger partial charge is 0.383 e. The first kappa shape index (κ1) is 13.1. The van der Waals surface area contributed by atoms with Crippen LogP contribution in [0.25, 0.3) is 0 Å². The molecule has 1 saturated heterocycles. The van der Waals surface area contributed by atoms with Gasteiger partial charge in [-0.1, -0.05) is 28.1 Å². The van der Waals surface area contributed by atoms with Crippen molar-refractivity contribution < 1.29 is 4.74 Å². The molecule has 0 unspecified atom stereocenters. The van der Waals surface area contributed by atoms with E-state index >= 15 is 0 Å². The van der Waals surface area contributed by atoms with Crippen LogP contribution < -0.4 is 0 Å². The predicted molar refractivity (Wildman–Crippen MR) is 74.4 cm³/mol. The topological polar surface area (TPSA) is 12.5 Å². The van der Waals surface area contributed by atoms with Crippen molar-refractivity contribution in [1.82, 2.24) is 4.90 Å². The van der Waals surface area contributed by atoms with E-state index in [4.69, 9.17) is 4.74 Å². The zero-order valence-corrected chi connectivity index (χ0v) is 11.9. The Labute approximate surface area is 112 Å². The number of nitrogens with zero attached hydrogens (tertiary/aromatic N) is 1. The summed E-state index contributed by atoms with van der Waals surface area (Å²) in [4.78, 5) is 2.50. The average molecular weight is 298 g/mol. The summed E-state index contributed by atoms with van der Waals surface area (Å²) in [5, 5.41) is 0. The van der Waals surface area contributed by atoms with Crippen LogP contribution in [0.2, 0.25) is 0 Å². The van der Waals surface area contributed by atoms with Crippen LogP contribution in [0.15, 0.2) is 28.7 Å². The number of methoxy groups -OCH3 is 1. The van der Waals surface area contributed by atoms with Gasteiger partial charge in [0.25, 0.3) is 0 Å². The zero-order valence-electron chi connectivity index (χ0n) is 10.4. The number of rotatable bonds is 4. The van der Waals surface area contributed by atoms with Crippen LogP contribution in [-0.4, -0.2) is 38.3 Å². The fourth-order valence-corrected chi connectivity index (χ4v) is 2.71. The number of hydrogen-bond acceptors (Lipinski definition) is 2. The number of likely N-dealkylation sites (tertiary alicyclic amines) is 1. The molecule has 0 bridgehead atoms. The number of benzene rings is 1. The van der Waals surface area contributed by atoms with Gasteiger partial charge >= 0.3 is 0 Å². The summed E-state index contributed by atoms with van der Waals surface area (Å²) in [7, 11) is 1.77. The van der Waals surface area contributed by atoms with Crippen LogP contribution >= 0.6 is 15.9 Å². The Morgan fingerprint density at radius 3 is 2.47 bits per heavy atom. The molecule has 0 radical (unpaired) electrons. The quantitative estimate of drug-likeness (QED) is 0.846. The molecule has 0 spiro atoms. The van der Waals surface area contributed by atoms with Gasteiger partial charge in [-0.25, -0.2) is 0 Å². The monoisotopic (exact) mass is 297 g/mol. The highest BCUT2D eigenvalue weighted by molar-refractivity contribution is 9.10. The summed E-state index contributed by atoms with van der Waals surface area (Å²) in [6.45, 7) is 4.32. The molecule has 2 nitrogen and oxygen atoms in total. The van der Waals surface area contributed by atoms with Gasteiger partial charge in [0.2, 0.25) is 0 Å². The Balaban J connectivity index is 1.84. The van der Waals surface area contributed by atoms with Gasteiger partial charge in [-0.3, -0.25) is 0 Å². The molecule has 0 aliphatic carbocycles. The van der Waals surface area contributed by atoms with Gasteiger partial charge in [0.05, 0.1) is 6.61 Å². The van der Waals surface area contributed by atoms with E-state index in [2.05, 4.69) is 45.1 Å². The summed E-state index contributed by atoms with van der Waals surface area (Å²) in [5.41, 5.74) is 1.49. The van der Waals surface area contributed by atoms with E-state index in [1.807, 2.05) is 0 Å². The van der Waals surface area contributed by atoms with Crippen LogP contribution in [0.1, 0.15) is 24.3 Å². The lowest BCUT2D eigenvalue weighted by Crippen LogP contribution is -2.35. The maximum atomic E-state index is 5.12. The highest BCUT2D eigenvalue weighted by atomic mass is 79.9. The Bertz CT molecular complexity index is 331. The number of ether oxygens (including phenoxy) is 1. The van der Waals surface area contributed by atoms with Gasteiger partial charge in [0.1, 0.15) is 0 Å². The molecule has 0 aromatic heterocycles. The third kappa shape index (κ3) is 3.80. The van der Waals surface area contributed by atoms with Crippen molar-refractivity contribution in [3.05, 3.63) is 34.3 Å². The molecule has 3 heteroatoms. The van der Waals surface area contributed by atoms with Gasteiger partial charge in [0, 0.05) is 18.1 Å². The Morgan fingerprint density at radius 1 is 1.24 bits per heavy atom. The van der Waals surface area contributed by atoms with E-state index in [-0.39, 0.29) is 0 Å². The van der Waals surface area contributed by atoms with Crippen molar-refractivity contribution in [2.24, 2.45) is 0 Å². The summed E-state index contributed by atoms with van der Waals surface area (Å²) in [6.07, 6.45) is 2.54. The third-order valence-corrected chi connectivity index (χ3v) is 4.07. The molecule has 1 heterocycles. The second-order valence-corrected chi connectivity index (χ2v) is 5.58.